The Morgan fingerprint density at radius 2 is 1.81 bits per heavy atom. The van der Waals surface area contributed by atoms with E-state index in [1.54, 1.807) is 12.1 Å². The first-order valence-corrected chi connectivity index (χ1v) is 10.5. The number of hydrogen-bond acceptors (Lipinski definition) is 4. The Labute approximate surface area is 160 Å². The van der Waals surface area contributed by atoms with Gasteiger partial charge in [0.2, 0.25) is 10.0 Å². The molecule has 0 N–H and O–H groups in total. The number of sulfonamides is 1. The van der Waals surface area contributed by atoms with Gasteiger partial charge in [-0.25, -0.2) is 17.7 Å². The average Bonchev–Trinajstić information content (AvgIpc) is 3.06. The highest BCUT2D eigenvalue weighted by Gasteiger charge is 2.25. The van der Waals surface area contributed by atoms with Gasteiger partial charge in [0.05, 0.1) is 4.90 Å². The normalized spacial score (nSPS) is 16.1. The zero-order valence-electron chi connectivity index (χ0n) is 16.0. The van der Waals surface area contributed by atoms with Gasteiger partial charge in [-0.1, -0.05) is 0 Å². The third-order valence-electron chi connectivity index (χ3n) is 5.16. The number of amides is 1. The van der Waals surface area contributed by atoms with E-state index in [-0.39, 0.29) is 10.8 Å². The lowest BCUT2D eigenvalue weighted by atomic mass is 9.96. The minimum atomic E-state index is -3.48. The molecule has 1 aliphatic rings. The topological polar surface area (TPSA) is 75.5 Å². The van der Waals surface area contributed by atoms with Gasteiger partial charge in [0, 0.05) is 51.7 Å². The second-order valence-corrected chi connectivity index (χ2v) is 9.33. The molecule has 1 fully saturated rings. The summed E-state index contributed by atoms with van der Waals surface area (Å²) in [4.78, 5) is 19.0. The number of hydrogen-bond donors (Lipinski definition) is 0. The molecule has 0 bridgehead atoms. The predicted octanol–water partition coefficient (Wildman–Crippen LogP) is 1.99. The number of rotatable bonds is 5. The Balaban J connectivity index is 1.60. The number of imidazole rings is 1. The standard InChI is InChI=1S/C19H26N4O3S/c1-15-20-10-13-23(15)14-16-8-11-22(12-9-16)19(24)17-4-6-18(7-5-17)27(25,26)21(2)3/h4-7,10,13,16H,8-9,11-12,14H2,1-3H3. The van der Waals surface area contributed by atoms with Crippen molar-refractivity contribution < 1.29 is 13.2 Å². The van der Waals surface area contributed by atoms with Crippen molar-refractivity contribution in [2.75, 3.05) is 27.2 Å². The lowest BCUT2D eigenvalue weighted by molar-refractivity contribution is 0.0682. The van der Waals surface area contributed by atoms with Crippen molar-refractivity contribution in [3.8, 4) is 0 Å². The number of piperidine rings is 1. The maximum absolute atomic E-state index is 12.7. The van der Waals surface area contributed by atoms with Gasteiger partial charge in [0.1, 0.15) is 5.82 Å². The lowest BCUT2D eigenvalue weighted by Gasteiger charge is -2.32. The van der Waals surface area contributed by atoms with E-state index in [1.165, 1.54) is 26.2 Å². The van der Waals surface area contributed by atoms with Crippen LogP contribution in [0, 0.1) is 12.8 Å². The van der Waals surface area contributed by atoms with Crippen LogP contribution in [-0.2, 0) is 16.6 Å². The van der Waals surface area contributed by atoms with E-state index < -0.39 is 10.0 Å². The SMILES string of the molecule is Cc1nccn1CC1CCN(C(=O)c2ccc(S(=O)(=O)N(C)C)cc2)CC1. The van der Waals surface area contributed by atoms with Crippen molar-refractivity contribution in [3.05, 3.63) is 48.0 Å². The molecule has 1 amide bonds. The number of aromatic nitrogens is 2. The summed E-state index contributed by atoms with van der Waals surface area (Å²) in [5.74, 6) is 1.51. The van der Waals surface area contributed by atoms with Gasteiger partial charge in [-0.3, -0.25) is 4.79 Å². The Kier molecular flexibility index (Phi) is 5.67. The predicted molar refractivity (Wildman–Crippen MR) is 103 cm³/mol. The fourth-order valence-corrected chi connectivity index (χ4v) is 4.26. The van der Waals surface area contributed by atoms with E-state index in [2.05, 4.69) is 9.55 Å². The maximum Gasteiger partial charge on any atom is 0.253 e. The lowest BCUT2D eigenvalue weighted by Crippen LogP contribution is -2.39. The first-order valence-electron chi connectivity index (χ1n) is 9.08. The van der Waals surface area contributed by atoms with Crippen molar-refractivity contribution in [2.24, 2.45) is 5.92 Å². The number of likely N-dealkylation sites (tertiary alicyclic amines) is 1. The van der Waals surface area contributed by atoms with Gasteiger partial charge in [0.15, 0.2) is 0 Å². The van der Waals surface area contributed by atoms with E-state index in [0.29, 0.717) is 11.5 Å². The van der Waals surface area contributed by atoms with Crippen LogP contribution < -0.4 is 0 Å². The van der Waals surface area contributed by atoms with Crippen LogP contribution in [0.15, 0.2) is 41.6 Å². The number of aryl methyl sites for hydroxylation is 1. The van der Waals surface area contributed by atoms with Crippen LogP contribution in [0.2, 0.25) is 0 Å². The second-order valence-electron chi connectivity index (χ2n) is 7.17. The molecule has 3 rings (SSSR count). The minimum Gasteiger partial charge on any atom is -0.339 e. The molecule has 0 atom stereocenters. The van der Waals surface area contributed by atoms with Crippen LogP contribution in [0.4, 0.5) is 0 Å². The second kappa shape index (κ2) is 7.82. The molecule has 8 heteroatoms. The molecular formula is C19H26N4O3S. The van der Waals surface area contributed by atoms with Crippen LogP contribution in [0.1, 0.15) is 29.0 Å². The molecule has 1 aromatic carbocycles. The van der Waals surface area contributed by atoms with Crippen LogP contribution in [0.25, 0.3) is 0 Å². The average molecular weight is 391 g/mol. The molecule has 2 aromatic rings. The van der Waals surface area contributed by atoms with Crippen molar-refractivity contribution in [1.29, 1.82) is 0 Å². The third kappa shape index (κ3) is 4.22. The van der Waals surface area contributed by atoms with Gasteiger partial charge in [0.25, 0.3) is 5.91 Å². The monoisotopic (exact) mass is 390 g/mol. The van der Waals surface area contributed by atoms with E-state index in [4.69, 9.17) is 0 Å². The number of benzene rings is 1. The first-order chi connectivity index (χ1) is 12.8. The highest BCUT2D eigenvalue weighted by atomic mass is 32.2. The largest absolute Gasteiger partial charge is 0.339 e. The zero-order chi connectivity index (χ0) is 19.6. The van der Waals surface area contributed by atoms with E-state index in [1.807, 2.05) is 24.2 Å². The number of nitrogens with zero attached hydrogens (tertiary/aromatic N) is 4. The van der Waals surface area contributed by atoms with Gasteiger partial charge >= 0.3 is 0 Å². The first kappa shape index (κ1) is 19.6. The Morgan fingerprint density at radius 1 is 1.19 bits per heavy atom. The van der Waals surface area contributed by atoms with Gasteiger partial charge in [-0.05, 0) is 49.9 Å². The van der Waals surface area contributed by atoms with Crippen LogP contribution >= 0.6 is 0 Å². The summed E-state index contributed by atoms with van der Waals surface area (Å²) in [6, 6.07) is 6.19. The summed E-state index contributed by atoms with van der Waals surface area (Å²) in [7, 11) is -0.499. The summed E-state index contributed by atoms with van der Waals surface area (Å²) >= 11 is 0. The molecule has 0 aliphatic carbocycles. The Hall–Kier alpha value is -2.19. The highest BCUT2D eigenvalue weighted by molar-refractivity contribution is 7.89. The molecular weight excluding hydrogens is 364 g/mol. The van der Waals surface area contributed by atoms with Crippen molar-refractivity contribution in [2.45, 2.75) is 31.2 Å². The molecule has 0 saturated carbocycles. The smallest absolute Gasteiger partial charge is 0.253 e. The number of carbonyl (C=O) groups is 1. The van der Waals surface area contributed by atoms with E-state index in [0.717, 1.165) is 42.6 Å². The van der Waals surface area contributed by atoms with Crippen LogP contribution in [-0.4, -0.2) is 60.3 Å². The molecule has 0 spiro atoms. The summed E-state index contributed by atoms with van der Waals surface area (Å²) in [6.45, 7) is 4.37. The fourth-order valence-electron chi connectivity index (χ4n) is 3.36. The molecule has 27 heavy (non-hydrogen) atoms. The quantitative estimate of drug-likeness (QED) is 0.782. The Bertz CT molecular complexity index is 895. The zero-order valence-corrected chi connectivity index (χ0v) is 16.8. The molecule has 0 unspecified atom stereocenters. The minimum absolute atomic E-state index is 0.0407. The highest BCUT2D eigenvalue weighted by Crippen LogP contribution is 2.22. The fraction of sp³-hybridized carbons (Fsp3) is 0.474. The molecule has 146 valence electrons. The summed E-state index contributed by atoms with van der Waals surface area (Å²) in [5, 5.41) is 0. The summed E-state index contributed by atoms with van der Waals surface area (Å²) in [5.41, 5.74) is 0.525. The third-order valence-corrected chi connectivity index (χ3v) is 6.99. The Morgan fingerprint density at radius 3 is 2.33 bits per heavy atom. The molecule has 0 radical (unpaired) electrons. The molecule has 1 aliphatic heterocycles. The van der Waals surface area contributed by atoms with Crippen LogP contribution in [0.3, 0.4) is 0 Å². The van der Waals surface area contributed by atoms with Crippen molar-refractivity contribution in [3.63, 3.8) is 0 Å². The van der Waals surface area contributed by atoms with Gasteiger partial charge in [-0.15, -0.1) is 0 Å². The summed E-state index contributed by atoms with van der Waals surface area (Å²) < 4.78 is 27.6. The summed E-state index contributed by atoms with van der Waals surface area (Å²) in [6.07, 6.45) is 5.72. The van der Waals surface area contributed by atoms with Crippen molar-refractivity contribution in [1.82, 2.24) is 18.8 Å². The molecule has 1 aromatic heterocycles. The number of carbonyl (C=O) groups excluding carboxylic acids is 1. The van der Waals surface area contributed by atoms with Gasteiger partial charge in [-0.2, -0.15) is 0 Å². The van der Waals surface area contributed by atoms with E-state index >= 15 is 0 Å². The van der Waals surface area contributed by atoms with Gasteiger partial charge < -0.3 is 9.47 Å². The van der Waals surface area contributed by atoms with E-state index in [9.17, 15) is 13.2 Å². The molecule has 2 heterocycles. The molecule has 7 nitrogen and oxygen atoms in total. The van der Waals surface area contributed by atoms with Crippen LogP contribution in [0.5, 0.6) is 0 Å². The molecule has 1 saturated heterocycles. The van der Waals surface area contributed by atoms with Crippen molar-refractivity contribution >= 4 is 15.9 Å². The maximum atomic E-state index is 12.7.